The lowest BCUT2D eigenvalue weighted by atomic mass is 10.1. The van der Waals surface area contributed by atoms with E-state index in [4.69, 9.17) is 4.42 Å². The highest BCUT2D eigenvalue weighted by molar-refractivity contribution is 7.25. The van der Waals surface area contributed by atoms with Gasteiger partial charge in [-0.2, -0.15) is 0 Å². The van der Waals surface area contributed by atoms with Crippen molar-refractivity contribution in [1.82, 2.24) is 0 Å². The minimum Gasteiger partial charge on any atom is -0.456 e. The summed E-state index contributed by atoms with van der Waals surface area (Å²) in [4.78, 5) is 4.40. The Morgan fingerprint density at radius 2 is 1.12 bits per heavy atom. The summed E-state index contributed by atoms with van der Waals surface area (Å²) < 4.78 is 22.1. The Morgan fingerprint density at radius 1 is 0.535 bits per heavy atom. The Labute approximate surface area is 252 Å². The maximum Gasteiger partial charge on any atom is 0.135 e. The zero-order valence-corrected chi connectivity index (χ0v) is 24.5. The van der Waals surface area contributed by atoms with Crippen molar-refractivity contribution in [3.63, 3.8) is 0 Å². The number of hydrogen-bond acceptors (Lipinski definition) is 4. The van der Waals surface area contributed by atoms with E-state index in [2.05, 4.69) is 114 Å². The first-order valence-electron chi connectivity index (χ1n) is 14.3. The van der Waals surface area contributed by atoms with E-state index < -0.39 is 0 Å². The summed E-state index contributed by atoms with van der Waals surface area (Å²) in [5.41, 5.74) is 8.27. The molecule has 0 saturated carbocycles. The Balaban J connectivity index is 1.25. The number of furan rings is 1. The van der Waals surface area contributed by atoms with E-state index in [0.717, 1.165) is 50.4 Å². The molecular weight excluding hydrogens is 551 g/mol. The number of benzene rings is 6. The highest BCUT2D eigenvalue weighted by Gasteiger charge is 2.17. The van der Waals surface area contributed by atoms with Gasteiger partial charge in [-0.25, -0.2) is 4.39 Å². The van der Waals surface area contributed by atoms with Crippen LogP contribution < -0.4 is 9.80 Å². The highest BCUT2D eigenvalue weighted by Crippen LogP contribution is 2.43. The molecule has 8 aromatic rings. The van der Waals surface area contributed by atoms with Crippen LogP contribution in [0.5, 0.6) is 0 Å². The number of hydrogen-bond donors (Lipinski definition) is 0. The quantitative estimate of drug-likeness (QED) is 0.202. The van der Waals surface area contributed by atoms with Crippen molar-refractivity contribution < 1.29 is 8.81 Å². The van der Waals surface area contributed by atoms with Gasteiger partial charge in [-0.05, 0) is 97.9 Å². The first-order chi connectivity index (χ1) is 21.0. The maximum absolute atomic E-state index is 13.5. The van der Waals surface area contributed by atoms with Gasteiger partial charge in [0.15, 0.2) is 0 Å². The van der Waals surface area contributed by atoms with Crippen LogP contribution in [-0.4, -0.2) is 7.05 Å². The van der Waals surface area contributed by atoms with Crippen molar-refractivity contribution in [3.05, 3.63) is 139 Å². The molecule has 0 amide bonds. The molecule has 0 aliphatic heterocycles. The van der Waals surface area contributed by atoms with Crippen LogP contribution >= 0.6 is 11.3 Å². The molecule has 0 N–H and O–H groups in total. The van der Waals surface area contributed by atoms with E-state index in [1.165, 1.54) is 37.9 Å². The van der Waals surface area contributed by atoms with Crippen LogP contribution in [0.4, 0.5) is 32.8 Å². The van der Waals surface area contributed by atoms with Gasteiger partial charge in [0, 0.05) is 66.4 Å². The second-order valence-electron chi connectivity index (χ2n) is 11.0. The van der Waals surface area contributed by atoms with Gasteiger partial charge in [0.25, 0.3) is 0 Å². The maximum atomic E-state index is 13.5. The Hall–Kier alpha value is -5.13. The van der Waals surface area contributed by atoms with E-state index in [1.807, 2.05) is 13.1 Å². The number of para-hydroxylation sites is 1. The third kappa shape index (κ3) is 4.41. The fraction of sp³-hybridized carbons (Fsp3) is 0.0526. The smallest absolute Gasteiger partial charge is 0.135 e. The number of rotatable bonds is 5. The van der Waals surface area contributed by atoms with Crippen molar-refractivity contribution in [1.29, 1.82) is 0 Å². The van der Waals surface area contributed by atoms with Crippen LogP contribution in [0.25, 0.3) is 42.1 Å². The van der Waals surface area contributed by atoms with Crippen molar-refractivity contribution in [2.24, 2.45) is 0 Å². The van der Waals surface area contributed by atoms with Crippen molar-refractivity contribution in [2.75, 3.05) is 16.8 Å². The minimum absolute atomic E-state index is 0.231. The molecule has 0 aliphatic carbocycles. The molecule has 0 atom stereocenters. The largest absolute Gasteiger partial charge is 0.456 e. The fourth-order valence-corrected chi connectivity index (χ4v) is 7.13. The molecule has 0 bridgehead atoms. The summed E-state index contributed by atoms with van der Waals surface area (Å²) >= 11 is 1.79. The summed E-state index contributed by atoms with van der Waals surface area (Å²) in [6.07, 6.45) is 0. The van der Waals surface area contributed by atoms with E-state index >= 15 is 0 Å². The molecule has 0 spiro atoms. The fourth-order valence-electron chi connectivity index (χ4n) is 5.96. The van der Waals surface area contributed by atoms with Crippen molar-refractivity contribution >= 4 is 81.9 Å². The number of halogens is 1. The van der Waals surface area contributed by atoms with Crippen LogP contribution in [0.2, 0.25) is 0 Å². The van der Waals surface area contributed by atoms with Gasteiger partial charge in [-0.1, -0.05) is 42.0 Å². The lowest BCUT2D eigenvalue weighted by molar-refractivity contribution is 0.628. The normalized spacial score (nSPS) is 11.6. The van der Waals surface area contributed by atoms with Gasteiger partial charge in [0.2, 0.25) is 0 Å². The molecule has 0 saturated heterocycles. The third-order valence-corrected chi connectivity index (χ3v) is 9.30. The van der Waals surface area contributed by atoms with Crippen molar-refractivity contribution in [2.45, 2.75) is 6.92 Å². The average molecular weight is 579 g/mol. The predicted octanol–water partition coefficient (Wildman–Crippen LogP) is 11.6. The minimum atomic E-state index is -0.231. The number of aryl methyl sites for hydroxylation is 1. The van der Waals surface area contributed by atoms with Crippen LogP contribution in [0.15, 0.2) is 132 Å². The van der Waals surface area contributed by atoms with Gasteiger partial charge in [0.05, 0.1) is 0 Å². The van der Waals surface area contributed by atoms with Gasteiger partial charge in [-0.15, -0.1) is 11.3 Å². The number of nitrogens with zero attached hydrogens (tertiary/aromatic N) is 2. The molecule has 8 rings (SSSR count). The Bertz CT molecular complexity index is 2290. The standard InChI is InChI=1S/C38H27FN2OS/c1-24-8-18-35-33(20-24)34-21-29(15-19-36(34)42-35)41(27-6-4-3-5-7-27)30-14-17-32-31-16-13-28(22-37(31)43-38(32)23-30)40(2)26-11-9-25(39)10-12-26/h3-23H,1-2H3. The van der Waals surface area contributed by atoms with Crippen molar-refractivity contribution in [3.8, 4) is 0 Å². The van der Waals surface area contributed by atoms with Crippen LogP contribution in [-0.2, 0) is 0 Å². The molecule has 0 unspecified atom stereocenters. The molecule has 0 fully saturated rings. The second-order valence-corrected chi connectivity index (χ2v) is 12.0. The molecular formula is C38H27FN2OS. The molecule has 3 nitrogen and oxygen atoms in total. The topological polar surface area (TPSA) is 19.6 Å². The van der Waals surface area contributed by atoms with E-state index in [9.17, 15) is 4.39 Å². The van der Waals surface area contributed by atoms with Crippen LogP contribution in [0.3, 0.4) is 0 Å². The molecule has 2 aromatic heterocycles. The second kappa shape index (κ2) is 10.0. The monoisotopic (exact) mass is 578 g/mol. The van der Waals surface area contributed by atoms with E-state index in [1.54, 1.807) is 23.5 Å². The van der Waals surface area contributed by atoms with Crippen LogP contribution in [0.1, 0.15) is 5.56 Å². The van der Waals surface area contributed by atoms with Gasteiger partial charge in [-0.3, -0.25) is 0 Å². The first kappa shape index (κ1) is 25.6. The summed E-state index contributed by atoms with van der Waals surface area (Å²) in [6.45, 7) is 2.11. The lowest BCUT2D eigenvalue weighted by Crippen LogP contribution is -2.09. The number of anilines is 5. The number of fused-ring (bicyclic) bond motifs is 6. The zero-order valence-electron chi connectivity index (χ0n) is 23.7. The number of thiophene rings is 1. The lowest BCUT2D eigenvalue weighted by Gasteiger charge is -2.25. The Morgan fingerprint density at radius 3 is 1.86 bits per heavy atom. The SMILES string of the molecule is Cc1ccc2oc3ccc(N(c4ccccc4)c4ccc5c(c4)sc4cc(N(C)c6ccc(F)cc6)ccc45)cc3c2c1. The predicted molar refractivity (Wildman–Crippen MR) is 180 cm³/mol. The summed E-state index contributed by atoms with van der Waals surface area (Å²) in [5, 5.41) is 4.71. The van der Waals surface area contributed by atoms with Gasteiger partial charge in [0.1, 0.15) is 17.0 Å². The molecule has 2 heterocycles. The molecule has 0 aliphatic rings. The summed E-state index contributed by atoms with van der Waals surface area (Å²) in [7, 11) is 2.01. The zero-order chi connectivity index (χ0) is 29.1. The third-order valence-electron chi connectivity index (χ3n) is 8.18. The van der Waals surface area contributed by atoms with E-state index in [0.29, 0.717) is 0 Å². The highest BCUT2D eigenvalue weighted by atomic mass is 32.1. The average Bonchev–Trinajstić information content (AvgIpc) is 3.58. The first-order valence-corrected chi connectivity index (χ1v) is 15.1. The Kier molecular flexibility index (Phi) is 5.95. The van der Waals surface area contributed by atoms with Gasteiger partial charge >= 0.3 is 0 Å². The summed E-state index contributed by atoms with van der Waals surface area (Å²) in [5.74, 6) is -0.231. The molecule has 6 aromatic carbocycles. The molecule has 5 heteroatoms. The van der Waals surface area contributed by atoms with Gasteiger partial charge < -0.3 is 14.2 Å². The molecule has 43 heavy (non-hydrogen) atoms. The molecule has 208 valence electrons. The summed E-state index contributed by atoms with van der Waals surface area (Å²) in [6, 6.07) is 43.2. The van der Waals surface area contributed by atoms with Crippen LogP contribution in [0, 0.1) is 12.7 Å². The van der Waals surface area contributed by atoms with E-state index in [-0.39, 0.29) is 5.82 Å². The molecule has 0 radical (unpaired) electrons.